The summed E-state index contributed by atoms with van der Waals surface area (Å²) in [6.07, 6.45) is 0. The first-order valence-corrected chi connectivity index (χ1v) is 12.6. The summed E-state index contributed by atoms with van der Waals surface area (Å²) in [6, 6.07) is 49.6. The molecule has 5 aromatic rings. The van der Waals surface area contributed by atoms with Gasteiger partial charge in [0.1, 0.15) is 5.60 Å². The Morgan fingerprint density at radius 2 is 0.944 bits per heavy atom. The van der Waals surface area contributed by atoms with Gasteiger partial charge < -0.3 is 4.74 Å². The van der Waals surface area contributed by atoms with Crippen LogP contribution in [0, 0.1) is 0 Å². The van der Waals surface area contributed by atoms with Crippen molar-refractivity contribution in [2.24, 2.45) is 0 Å². The SMILES string of the molecule is CCOC1(c2ccccc2)c2ccccc2C(=C(c2ccccc2)c2ccccc2)c2ccccc21. The van der Waals surface area contributed by atoms with E-state index in [-0.39, 0.29) is 0 Å². The van der Waals surface area contributed by atoms with Gasteiger partial charge in [-0.1, -0.05) is 140 Å². The summed E-state index contributed by atoms with van der Waals surface area (Å²) in [4.78, 5) is 0. The molecule has 0 bridgehead atoms. The third-order valence-electron chi connectivity index (χ3n) is 7.07. The Hall–Kier alpha value is -4.20. The Morgan fingerprint density at radius 3 is 1.42 bits per heavy atom. The minimum atomic E-state index is -0.689. The van der Waals surface area contributed by atoms with Crippen LogP contribution in [0.5, 0.6) is 0 Å². The summed E-state index contributed by atoms with van der Waals surface area (Å²) < 4.78 is 6.83. The lowest BCUT2D eigenvalue weighted by molar-refractivity contribution is 0.0203. The van der Waals surface area contributed by atoms with E-state index in [1.165, 1.54) is 44.5 Å². The van der Waals surface area contributed by atoms with E-state index >= 15 is 0 Å². The van der Waals surface area contributed by atoms with Gasteiger partial charge in [0.15, 0.2) is 0 Å². The third kappa shape index (κ3) is 3.52. The molecule has 1 aliphatic rings. The maximum atomic E-state index is 6.83. The number of benzene rings is 5. The molecule has 6 rings (SSSR count). The first-order valence-electron chi connectivity index (χ1n) is 12.6. The molecule has 36 heavy (non-hydrogen) atoms. The predicted octanol–water partition coefficient (Wildman–Crippen LogP) is 8.34. The fourth-order valence-electron chi connectivity index (χ4n) is 5.68. The fraction of sp³-hybridized carbons (Fsp3) is 0.0857. The Labute approximate surface area is 213 Å². The van der Waals surface area contributed by atoms with E-state index in [1.54, 1.807) is 0 Å². The molecule has 0 amide bonds. The van der Waals surface area contributed by atoms with Crippen LogP contribution < -0.4 is 0 Å². The lowest BCUT2D eigenvalue weighted by Crippen LogP contribution is -2.37. The van der Waals surface area contributed by atoms with E-state index in [2.05, 4.69) is 146 Å². The van der Waals surface area contributed by atoms with E-state index < -0.39 is 5.60 Å². The van der Waals surface area contributed by atoms with E-state index in [0.29, 0.717) is 6.61 Å². The molecule has 0 N–H and O–H groups in total. The normalized spacial score (nSPS) is 16.2. The van der Waals surface area contributed by atoms with E-state index in [0.717, 1.165) is 5.56 Å². The van der Waals surface area contributed by atoms with Gasteiger partial charge in [-0.05, 0) is 45.9 Å². The zero-order chi connectivity index (χ0) is 24.4. The standard InChI is InChI=1S/C35H28O/c1-2-36-35(28-20-10-5-11-21-28)31-24-14-12-22-29(31)34(30-23-13-15-25-32(30)35)33(26-16-6-3-7-17-26)27-18-8-4-9-19-27/h3-25H,2H2,1H3. The van der Waals surface area contributed by atoms with Gasteiger partial charge in [-0.3, -0.25) is 0 Å². The minimum absolute atomic E-state index is 0.598. The zero-order valence-electron chi connectivity index (χ0n) is 20.4. The lowest BCUT2D eigenvalue weighted by Gasteiger charge is -2.42. The van der Waals surface area contributed by atoms with Crippen LogP contribution in [-0.2, 0) is 10.3 Å². The smallest absolute Gasteiger partial charge is 0.144 e. The van der Waals surface area contributed by atoms with Gasteiger partial charge in [-0.2, -0.15) is 0 Å². The van der Waals surface area contributed by atoms with Crippen LogP contribution in [-0.4, -0.2) is 6.61 Å². The molecule has 5 aromatic carbocycles. The molecule has 0 atom stereocenters. The monoisotopic (exact) mass is 464 g/mol. The molecule has 0 heterocycles. The highest BCUT2D eigenvalue weighted by Gasteiger charge is 2.45. The molecule has 0 saturated carbocycles. The highest BCUT2D eigenvalue weighted by atomic mass is 16.5. The molecule has 174 valence electrons. The van der Waals surface area contributed by atoms with Crippen molar-refractivity contribution < 1.29 is 4.74 Å². The summed E-state index contributed by atoms with van der Waals surface area (Å²) >= 11 is 0. The van der Waals surface area contributed by atoms with Gasteiger partial charge in [0.05, 0.1) is 0 Å². The molecule has 0 saturated heterocycles. The Balaban J connectivity index is 1.79. The van der Waals surface area contributed by atoms with Gasteiger partial charge in [-0.25, -0.2) is 0 Å². The second-order valence-corrected chi connectivity index (χ2v) is 9.05. The average molecular weight is 465 g/mol. The van der Waals surface area contributed by atoms with Crippen molar-refractivity contribution in [3.05, 3.63) is 178 Å². The fourth-order valence-corrected chi connectivity index (χ4v) is 5.68. The highest BCUT2D eigenvalue weighted by Crippen LogP contribution is 2.53. The van der Waals surface area contributed by atoms with Crippen LogP contribution in [0.2, 0.25) is 0 Å². The molecule has 1 heteroatoms. The van der Waals surface area contributed by atoms with Gasteiger partial charge >= 0.3 is 0 Å². The van der Waals surface area contributed by atoms with Crippen molar-refractivity contribution in [1.29, 1.82) is 0 Å². The van der Waals surface area contributed by atoms with Gasteiger partial charge in [0.2, 0.25) is 0 Å². The third-order valence-corrected chi connectivity index (χ3v) is 7.07. The summed E-state index contributed by atoms with van der Waals surface area (Å²) in [6.45, 7) is 2.68. The average Bonchev–Trinajstić information content (AvgIpc) is 2.96. The summed E-state index contributed by atoms with van der Waals surface area (Å²) in [7, 11) is 0. The second-order valence-electron chi connectivity index (χ2n) is 9.05. The Morgan fingerprint density at radius 1 is 0.528 bits per heavy atom. The zero-order valence-corrected chi connectivity index (χ0v) is 20.4. The molecule has 0 unspecified atom stereocenters. The highest BCUT2D eigenvalue weighted by molar-refractivity contribution is 6.07. The maximum Gasteiger partial charge on any atom is 0.144 e. The first-order chi connectivity index (χ1) is 17.8. The first kappa shape index (κ1) is 22.3. The largest absolute Gasteiger partial charge is 0.361 e. The maximum absolute atomic E-state index is 6.83. The van der Waals surface area contributed by atoms with Gasteiger partial charge in [0.25, 0.3) is 0 Å². The second kappa shape index (κ2) is 9.45. The Bertz CT molecular complexity index is 1420. The molecular weight excluding hydrogens is 436 g/mol. The van der Waals surface area contributed by atoms with Crippen LogP contribution in [0.15, 0.2) is 140 Å². The summed E-state index contributed by atoms with van der Waals surface area (Å²) in [5.74, 6) is 0. The minimum Gasteiger partial charge on any atom is -0.361 e. The van der Waals surface area contributed by atoms with E-state index in [9.17, 15) is 0 Å². The molecule has 1 nitrogen and oxygen atoms in total. The summed E-state index contributed by atoms with van der Waals surface area (Å²) in [5, 5.41) is 0. The number of fused-ring (bicyclic) bond motifs is 2. The molecular formula is C35H28O. The van der Waals surface area contributed by atoms with Crippen molar-refractivity contribution in [2.45, 2.75) is 12.5 Å². The van der Waals surface area contributed by atoms with Crippen LogP contribution >= 0.6 is 0 Å². The number of ether oxygens (including phenoxy) is 1. The molecule has 0 aromatic heterocycles. The van der Waals surface area contributed by atoms with Crippen molar-refractivity contribution in [2.75, 3.05) is 6.61 Å². The van der Waals surface area contributed by atoms with Crippen molar-refractivity contribution in [1.82, 2.24) is 0 Å². The van der Waals surface area contributed by atoms with E-state index in [1.807, 2.05) is 0 Å². The summed E-state index contributed by atoms with van der Waals surface area (Å²) in [5.41, 5.74) is 10.1. The molecule has 0 aliphatic heterocycles. The van der Waals surface area contributed by atoms with Crippen LogP contribution in [0.3, 0.4) is 0 Å². The Kier molecular flexibility index (Phi) is 5.85. The topological polar surface area (TPSA) is 9.23 Å². The van der Waals surface area contributed by atoms with Crippen LogP contribution in [0.1, 0.15) is 45.9 Å². The van der Waals surface area contributed by atoms with Crippen LogP contribution in [0.25, 0.3) is 11.1 Å². The number of hydrogen-bond acceptors (Lipinski definition) is 1. The predicted molar refractivity (Wildman–Crippen MR) is 149 cm³/mol. The van der Waals surface area contributed by atoms with Crippen molar-refractivity contribution in [3.8, 4) is 0 Å². The van der Waals surface area contributed by atoms with Crippen molar-refractivity contribution in [3.63, 3.8) is 0 Å². The van der Waals surface area contributed by atoms with Crippen LogP contribution in [0.4, 0.5) is 0 Å². The molecule has 0 radical (unpaired) electrons. The molecule has 1 aliphatic carbocycles. The van der Waals surface area contributed by atoms with Crippen molar-refractivity contribution >= 4 is 11.1 Å². The number of hydrogen-bond donors (Lipinski definition) is 0. The van der Waals surface area contributed by atoms with Gasteiger partial charge in [-0.15, -0.1) is 0 Å². The molecule has 0 spiro atoms. The number of rotatable bonds is 5. The molecule has 0 fully saturated rings. The quantitative estimate of drug-likeness (QED) is 0.254. The van der Waals surface area contributed by atoms with E-state index in [4.69, 9.17) is 4.74 Å². The van der Waals surface area contributed by atoms with Gasteiger partial charge in [0, 0.05) is 17.7 Å². The lowest BCUT2D eigenvalue weighted by atomic mass is 9.67.